The maximum atomic E-state index is 13.0. The molecule has 9 nitrogen and oxygen atoms in total. The van der Waals surface area contributed by atoms with Gasteiger partial charge in [0.15, 0.2) is 0 Å². The summed E-state index contributed by atoms with van der Waals surface area (Å²) < 4.78 is 9.33. The molecule has 4 aromatic rings. The quantitative estimate of drug-likeness (QED) is 0.505. The van der Waals surface area contributed by atoms with E-state index in [-0.39, 0.29) is 30.0 Å². The van der Waals surface area contributed by atoms with Crippen molar-refractivity contribution in [2.75, 3.05) is 11.9 Å². The van der Waals surface area contributed by atoms with Crippen molar-refractivity contribution in [3.8, 4) is 6.07 Å². The Kier molecular flexibility index (Phi) is 5.59. The summed E-state index contributed by atoms with van der Waals surface area (Å²) in [6, 6.07) is 10.8. The number of nitrogens with zero attached hydrogens (tertiary/aromatic N) is 5. The average molecular weight is 457 g/mol. The Balaban J connectivity index is 1.60. The molecule has 0 spiro atoms. The molecule has 4 heterocycles. The van der Waals surface area contributed by atoms with E-state index in [0.29, 0.717) is 29.2 Å². The number of amides is 1. The van der Waals surface area contributed by atoms with Gasteiger partial charge in [-0.15, -0.1) is 0 Å². The second-order valence-electron chi connectivity index (χ2n) is 8.68. The van der Waals surface area contributed by atoms with Crippen LogP contribution >= 0.6 is 0 Å². The Hall–Kier alpha value is -4.03. The molecule has 1 aliphatic rings. The molecule has 0 bridgehead atoms. The monoisotopic (exact) mass is 456 g/mol. The number of fused-ring (bicyclic) bond motifs is 3. The molecule has 0 aliphatic carbocycles. The molecule has 172 valence electrons. The number of hydrogen-bond acceptors (Lipinski definition) is 6. The SMILES string of the molecule is C[C@@H]1C[C@H](n2c(CC(=O)Nc3ccn(C)c(=O)c3)nc3cnc4ccc(C#N)cc4c32)CCO1. The summed E-state index contributed by atoms with van der Waals surface area (Å²) in [5.41, 5.74) is 3.10. The maximum absolute atomic E-state index is 13.0. The van der Waals surface area contributed by atoms with E-state index in [1.54, 1.807) is 31.6 Å². The van der Waals surface area contributed by atoms with Crippen LogP contribution in [0.2, 0.25) is 0 Å². The second kappa shape index (κ2) is 8.72. The largest absolute Gasteiger partial charge is 0.378 e. The molecular formula is C25H24N6O3. The van der Waals surface area contributed by atoms with Gasteiger partial charge in [0.2, 0.25) is 5.91 Å². The minimum Gasteiger partial charge on any atom is -0.378 e. The molecule has 3 aromatic heterocycles. The number of ether oxygens (including phenoxy) is 1. The molecule has 34 heavy (non-hydrogen) atoms. The first-order valence-electron chi connectivity index (χ1n) is 11.2. The van der Waals surface area contributed by atoms with Crippen LogP contribution in [-0.2, 0) is 23.0 Å². The number of imidazole rings is 1. The van der Waals surface area contributed by atoms with E-state index in [2.05, 4.69) is 20.9 Å². The second-order valence-corrected chi connectivity index (χ2v) is 8.68. The van der Waals surface area contributed by atoms with Crippen LogP contribution in [0.4, 0.5) is 5.69 Å². The molecule has 2 atom stereocenters. The summed E-state index contributed by atoms with van der Waals surface area (Å²) in [4.78, 5) is 34.2. The zero-order valence-electron chi connectivity index (χ0n) is 19.0. The molecule has 1 amide bonds. The highest BCUT2D eigenvalue weighted by Gasteiger charge is 2.27. The molecule has 9 heteroatoms. The van der Waals surface area contributed by atoms with Crippen LogP contribution in [0.3, 0.4) is 0 Å². The van der Waals surface area contributed by atoms with Crippen LogP contribution in [0, 0.1) is 11.3 Å². The topological polar surface area (TPSA) is 115 Å². The van der Waals surface area contributed by atoms with Crippen molar-refractivity contribution in [2.45, 2.75) is 38.3 Å². The lowest BCUT2D eigenvalue weighted by molar-refractivity contribution is -0.115. The molecule has 1 N–H and O–H groups in total. The van der Waals surface area contributed by atoms with Gasteiger partial charge in [0, 0.05) is 43.0 Å². The number of nitriles is 1. The number of aromatic nitrogens is 4. The normalized spacial score (nSPS) is 18.1. The Morgan fingerprint density at radius 2 is 2.15 bits per heavy atom. The van der Waals surface area contributed by atoms with Crippen molar-refractivity contribution >= 4 is 33.5 Å². The Morgan fingerprint density at radius 3 is 2.91 bits per heavy atom. The van der Waals surface area contributed by atoms with Crippen LogP contribution in [0.25, 0.3) is 21.9 Å². The van der Waals surface area contributed by atoms with Gasteiger partial charge in [0.1, 0.15) is 11.3 Å². The fourth-order valence-electron chi connectivity index (χ4n) is 4.60. The molecule has 1 saturated heterocycles. The number of rotatable bonds is 4. The molecule has 0 radical (unpaired) electrons. The van der Waals surface area contributed by atoms with Crippen LogP contribution in [-0.4, -0.2) is 37.7 Å². The highest BCUT2D eigenvalue weighted by molar-refractivity contribution is 6.03. The van der Waals surface area contributed by atoms with Crippen molar-refractivity contribution in [3.05, 3.63) is 64.5 Å². The first kappa shape index (κ1) is 21.8. The van der Waals surface area contributed by atoms with Crippen LogP contribution < -0.4 is 10.9 Å². The van der Waals surface area contributed by atoms with E-state index in [1.807, 2.05) is 19.1 Å². The molecule has 1 fully saturated rings. The molecule has 1 aliphatic heterocycles. The molecule has 1 aromatic carbocycles. The summed E-state index contributed by atoms with van der Waals surface area (Å²) in [6.07, 6.45) is 5.03. The summed E-state index contributed by atoms with van der Waals surface area (Å²) in [6.45, 7) is 2.66. The van der Waals surface area contributed by atoms with Gasteiger partial charge in [-0.05, 0) is 44.0 Å². The Morgan fingerprint density at radius 1 is 1.29 bits per heavy atom. The first-order chi connectivity index (χ1) is 16.4. The first-order valence-corrected chi connectivity index (χ1v) is 11.2. The highest BCUT2D eigenvalue weighted by Crippen LogP contribution is 2.34. The number of hydrogen-bond donors (Lipinski definition) is 1. The van der Waals surface area contributed by atoms with Gasteiger partial charge in [-0.2, -0.15) is 5.26 Å². The number of anilines is 1. The van der Waals surface area contributed by atoms with E-state index < -0.39 is 0 Å². The number of carbonyl (C=O) groups excluding carboxylic acids is 1. The lowest BCUT2D eigenvalue weighted by Gasteiger charge is -2.30. The average Bonchev–Trinajstić information content (AvgIpc) is 3.19. The van der Waals surface area contributed by atoms with Crippen molar-refractivity contribution in [3.63, 3.8) is 0 Å². The minimum atomic E-state index is -0.264. The summed E-state index contributed by atoms with van der Waals surface area (Å²) in [7, 11) is 1.65. The third kappa shape index (κ3) is 4.04. The van der Waals surface area contributed by atoms with E-state index in [1.165, 1.54) is 10.6 Å². The third-order valence-corrected chi connectivity index (χ3v) is 6.25. The number of benzene rings is 1. The van der Waals surface area contributed by atoms with Crippen molar-refractivity contribution < 1.29 is 9.53 Å². The zero-order valence-corrected chi connectivity index (χ0v) is 19.0. The predicted molar refractivity (Wildman–Crippen MR) is 127 cm³/mol. The molecular weight excluding hydrogens is 432 g/mol. The number of nitrogens with one attached hydrogen (secondary N) is 1. The fourth-order valence-corrected chi connectivity index (χ4v) is 4.60. The maximum Gasteiger partial charge on any atom is 0.252 e. The summed E-state index contributed by atoms with van der Waals surface area (Å²) >= 11 is 0. The highest BCUT2D eigenvalue weighted by atomic mass is 16.5. The number of pyridine rings is 2. The Bertz CT molecular complexity index is 1510. The van der Waals surface area contributed by atoms with Gasteiger partial charge in [0.05, 0.1) is 41.4 Å². The van der Waals surface area contributed by atoms with Gasteiger partial charge in [-0.3, -0.25) is 14.6 Å². The number of aryl methyl sites for hydroxylation is 1. The molecule has 5 rings (SSSR count). The molecule has 0 unspecified atom stereocenters. The summed E-state index contributed by atoms with van der Waals surface area (Å²) in [5, 5.41) is 13.1. The van der Waals surface area contributed by atoms with Crippen molar-refractivity contribution in [1.29, 1.82) is 5.26 Å². The standard InChI is InChI=1S/C25H24N6O3/c1-15-9-18(6-8-34-15)31-22(12-23(32)28-17-5-7-30(2)24(33)11-17)29-21-14-27-20-4-3-16(13-26)10-19(20)25(21)31/h3-5,7,10-11,14-15,18H,6,8-9,12H2,1-2H3,(H,28,32)/t15-,18-/m1/s1. The lowest BCUT2D eigenvalue weighted by atomic mass is 10.0. The van der Waals surface area contributed by atoms with Gasteiger partial charge in [0.25, 0.3) is 5.56 Å². The smallest absolute Gasteiger partial charge is 0.252 e. The Labute approximate surface area is 195 Å². The zero-order chi connectivity index (χ0) is 23.8. The molecule has 0 saturated carbocycles. The van der Waals surface area contributed by atoms with Gasteiger partial charge < -0.3 is 19.2 Å². The van der Waals surface area contributed by atoms with Crippen molar-refractivity contribution in [1.82, 2.24) is 19.1 Å². The van der Waals surface area contributed by atoms with E-state index in [4.69, 9.17) is 9.72 Å². The van der Waals surface area contributed by atoms with Gasteiger partial charge in [-0.1, -0.05) is 0 Å². The summed E-state index contributed by atoms with van der Waals surface area (Å²) in [5.74, 6) is 0.354. The fraction of sp³-hybridized carbons (Fsp3) is 0.320. The van der Waals surface area contributed by atoms with Crippen LogP contribution in [0.5, 0.6) is 0 Å². The van der Waals surface area contributed by atoms with Crippen LogP contribution in [0.1, 0.15) is 37.2 Å². The van der Waals surface area contributed by atoms with Gasteiger partial charge in [-0.25, -0.2) is 4.98 Å². The van der Waals surface area contributed by atoms with E-state index in [9.17, 15) is 14.9 Å². The van der Waals surface area contributed by atoms with Gasteiger partial charge >= 0.3 is 0 Å². The van der Waals surface area contributed by atoms with Crippen LogP contribution in [0.15, 0.2) is 47.5 Å². The predicted octanol–water partition coefficient (Wildman–Crippen LogP) is 3.08. The van der Waals surface area contributed by atoms with E-state index in [0.717, 1.165) is 29.3 Å². The van der Waals surface area contributed by atoms with E-state index >= 15 is 0 Å². The van der Waals surface area contributed by atoms with Crippen molar-refractivity contribution in [2.24, 2.45) is 7.05 Å². The minimum absolute atomic E-state index is 0.0368. The third-order valence-electron chi connectivity index (χ3n) is 6.25. The number of carbonyl (C=O) groups is 1. The lowest BCUT2D eigenvalue weighted by Crippen LogP contribution is -2.28.